The molecule has 6 heteroatoms. The number of nitrogens with zero attached hydrogens (tertiary/aromatic N) is 2. The summed E-state index contributed by atoms with van der Waals surface area (Å²) in [6, 6.07) is 17.8. The summed E-state index contributed by atoms with van der Waals surface area (Å²) in [5, 5.41) is 5.47. The number of aromatic nitrogens is 2. The number of nitrogens with one attached hydrogen (secondary N) is 2. The summed E-state index contributed by atoms with van der Waals surface area (Å²) < 4.78 is 0. The van der Waals surface area contributed by atoms with Crippen molar-refractivity contribution in [3.05, 3.63) is 89.3 Å². The second-order valence-electron chi connectivity index (χ2n) is 6.23. The van der Waals surface area contributed by atoms with E-state index in [4.69, 9.17) is 0 Å². The van der Waals surface area contributed by atoms with Crippen LogP contribution in [0.25, 0.3) is 6.08 Å². The van der Waals surface area contributed by atoms with Crippen molar-refractivity contribution in [3.8, 4) is 0 Å². The average molecular weight is 372 g/mol. The van der Waals surface area contributed by atoms with Gasteiger partial charge in [0.05, 0.1) is 0 Å². The first-order valence-electron chi connectivity index (χ1n) is 8.77. The van der Waals surface area contributed by atoms with Gasteiger partial charge >= 0.3 is 0 Å². The van der Waals surface area contributed by atoms with Crippen LogP contribution in [0.1, 0.15) is 27.3 Å². The fraction of sp³-hybridized carbons (Fsp3) is 0.0909. The van der Waals surface area contributed by atoms with Gasteiger partial charge in [-0.3, -0.25) is 9.59 Å². The Bertz CT molecular complexity index is 1030. The van der Waals surface area contributed by atoms with Gasteiger partial charge in [-0.2, -0.15) is 0 Å². The summed E-state index contributed by atoms with van der Waals surface area (Å²) in [6.45, 7) is 3.72. The van der Waals surface area contributed by atoms with E-state index in [1.165, 1.54) is 6.08 Å². The van der Waals surface area contributed by atoms with Crippen molar-refractivity contribution in [2.24, 2.45) is 0 Å². The quantitative estimate of drug-likeness (QED) is 0.663. The Morgan fingerprint density at radius 2 is 1.36 bits per heavy atom. The number of hydrogen-bond donors (Lipinski definition) is 2. The lowest BCUT2D eigenvalue weighted by atomic mass is 10.1. The monoisotopic (exact) mass is 372 g/mol. The zero-order valence-electron chi connectivity index (χ0n) is 15.6. The number of aryl methyl sites for hydroxylation is 2. The molecule has 2 heterocycles. The molecular formula is C22H20N4O2. The van der Waals surface area contributed by atoms with Crippen LogP contribution in [0.5, 0.6) is 0 Å². The van der Waals surface area contributed by atoms with Gasteiger partial charge in [0.15, 0.2) is 0 Å². The molecule has 0 atom stereocenters. The zero-order chi connectivity index (χ0) is 19.9. The largest absolute Gasteiger partial charge is 0.307 e. The number of hydrogen-bond acceptors (Lipinski definition) is 4. The summed E-state index contributed by atoms with van der Waals surface area (Å²) in [4.78, 5) is 32.8. The molecular weight excluding hydrogens is 352 g/mol. The number of rotatable bonds is 5. The van der Waals surface area contributed by atoms with E-state index in [0.717, 1.165) is 17.0 Å². The van der Waals surface area contributed by atoms with Gasteiger partial charge in [0.25, 0.3) is 5.91 Å². The van der Waals surface area contributed by atoms with Gasteiger partial charge in [-0.1, -0.05) is 24.3 Å². The molecule has 6 nitrogen and oxygen atoms in total. The smallest absolute Gasteiger partial charge is 0.256 e. The van der Waals surface area contributed by atoms with Crippen molar-refractivity contribution < 1.29 is 9.59 Å². The fourth-order valence-corrected chi connectivity index (χ4v) is 2.50. The number of benzene rings is 1. The van der Waals surface area contributed by atoms with Gasteiger partial charge in [-0.05, 0) is 61.9 Å². The maximum Gasteiger partial charge on any atom is 0.256 e. The Kier molecular flexibility index (Phi) is 5.91. The van der Waals surface area contributed by atoms with Crippen LogP contribution in [-0.2, 0) is 4.79 Å². The van der Waals surface area contributed by atoms with Gasteiger partial charge in [0.2, 0.25) is 5.91 Å². The van der Waals surface area contributed by atoms with E-state index in [0.29, 0.717) is 17.2 Å². The van der Waals surface area contributed by atoms with Crippen LogP contribution in [0.2, 0.25) is 0 Å². The van der Waals surface area contributed by atoms with Crippen molar-refractivity contribution in [2.45, 2.75) is 13.8 Å². The van der Waals surface area contributed by atoms with Crippen molar-refractivity contribution >= 4 is 29.5 Å². The molecule has 3 rings (SSSR count). The predicted octanol–water partition coefficient (Wildman–Crippen LogP) is 4.00. The van der Waals surface area contributed by atoms with Gasteiger partial charge in [-0.25, -0.2) is 9.97 Å². The number of carbonyl (C=O) groups excluding carboxylic acids is 2. The van der Waals surface area contributed by atoms with E-state index < -0.39 is 0 Å². The first kappa shape index (κ1) is 19.0. The maximum atomic E-state index is 12.3. The SMILES string of the molecule is Cc1cccc(NC(=O)C=Cc2ccc(C(=O)Nc3cccc(C)n3)cc2)n1. The second kappa shape index (κ2) is 8.73. The van der Waals surface area contributed by atoms with Crippen molar-refractivity contribution in [3.63, 3.8) is 0 Å². The molecule has 0 radical (unpaired) electrons. The van der Waals surface area contributed by atoms with E-state index in [1.807, 2.05) is 38.1 Å². The van der Waals surface area contributed by atoms with Crippen molar-refractivity contribution in [2.75, 3.05) is 10.6 Å². The lowest BCUT2D eigenvalue weighted by Crippen LogP contribution is -2.13. The van der Waals surface area contributed by atoms with Crippen molar-refractivity contribution in [1.29, 1.82) is 0 Å². The van der Waals surface area contributed by atoms with Crippen LogP contribution < -0.4 is 10.6 Å². The van der Waals surface area contributed by atoms with E-state index >= 15 is 0 Å². The summed E-state index contributed by atoms with van der Waals surface area (Å²) in [6.07, 6.45) is 3.10. The summed E-state index contributed by atoms with van der Waals surface area (Å²) in [5.74, 6) is 0.504. The molecule has 0 saturated heterocycles. The van der Waals surface area contributed by atoms with E-state index in [2.05, 4.69) is 20.6 Å². The highest BCUT2D eigenvalue weighted by atomic mass is 16.2. The lowest BCUT2D eigenvalue weighted by molar-refractivity contribution is -0.111. The Balaban J connectivity index is 1.59. The van der Waals surface area contributed by atoms with Gasteiger partial charge in [0, 0.05) is 23.0 Å². The summed E-state index contributed by atoms with van der Waals surface area (Å²) >= 11 is 0. The van der Waals surface area contributed by atoms with Crippen LogP contribution in [0, 0.1) is 13.8 Å². The average Bonchev–Trinajstić information content (AvgIpc) is 2.67. The molecule has 0 fully saturated rings. The Morgan fingerprint density at radius 3 is 1.93 bits per heavy atom. The molecule has 0 aliphatic rings. The molecule has 0 aliphatic heterocycles. The van der Waals surface area contributed by atoms with Crippen LogP contribution in [0.15, 0.2) is 66.7 Å². The molecule has 140 valence electrons. The third kappa shape index (κ3) is 5.35. The third-order valence-corrected chi connectivity index (χ3v) is 3.87. The molecule has 0 aliphatic carbocycles. The topological polar surface area (TPSA) is 84.0 Å². The Labute approximate surface area is 163 Å². The number of pyridine rings is 2. The third-order valence-electron chi connectivity index (χ3n) is 3.87. The minimum atomic E-state index is -0.273. The van der Waals surface area contributed by atoms with Crippen LogP contribution in [0.4, 0.5) is 11.6 Å². The molecule has 1 aromatic carbocycles. The first-order chi connectivity index (χ1) is 13.5. The van der Waals surface area contributed by atoms with Crippen LogP contribution in [-0.4, -0.2) is 21.8 Å². The first-order valence-corrected chi connectivity index (χ1v) is 8.77. The fourth-order valence-electron chi connectivity index (χ4n) is 2.50. The van der Waals surface area contributed by atoms with Gasteiger partial charge in [-0.15, -0.1) is 0 Å². The molecule has 3 aromatic rings. The van der Waals surface area contributed by atoms with Crippen LogP contribution in [0.3, 0.4) is 0 Å². The maximum absolute atomic E-state index is 12.3. The second-order valence-corrected chi connectivity index (χ2v) is 6.23. The zero-order valence-corrected chi connectivity index (χ0v) is 15.6. The minimum absolute atomic E-state index is 0.239. The molecule has 2 aromatic heterocycles. The van der Waals surface area contributed by atoms with E-state index in [1.54, 1.807) is 42.5 Å². The molecule has 2 amide bonds. The van der Waals surface area contributed by atoms with Crippen molar-refractivity contribution in [1.82, 2.24) is 9.97 Å². The normalized spacial score (nSPS) is 10.6. The number of carbonyl (C=O) groups is 2. The highest BCUT2D eigenvalue weighted by molar-refractivity contribution is 6.04. The predicted molar refractivity (Wildman–Crippen MR) is 110 cm³/mol. The number of anilines is 2. The van der Waals surface area contributed by atoms with Gasteiger partial charge in [0.1, 0.15) is 11.6 Å². The highest BCUT2D eigenvalue weighted by Crippen LogP contribution is 2.10. The summed E-state index contributed by atoms with van der Waals surface area (Å²) in [7, 11) is 0. The summed E-state index contributed by atoms with van der Waals surface area (Å²) in [5.41, 5.74) is 2.97. The van der Waals surface area contributed by atoms with E-state index in [9.17, 15) is 9.59 Å². The molecule has 28 heavy (non-hydrogen) atoms. The molecule has 0 spiro atoms. The highest BCUT2D eigenvalue weighted by Gasteiger charge is 2.06. The standard InChI is InChI=1S/C22H20N4O2/c1-15-5-3-7-19(23-15)25-21(27)14-11-17-9-12-18(13-10-17)22(28)26-20-8-4-6-16(2)24-20/h3-14H,1-2H3,(H,23,25,27)(H,24,26,28). The lowest BCUT2D eigenvalue weighted by Gasteiger charge is -2.05. The van der Waals surface area contributed by atoms with E-state index in [-0.39, 0.29) is 11.8 Å². The Morgan fingerprint density at radius 1 is 0.786 bits per heavy atom. The molecule has 0 unspecified atom stereocenters. The molecule has 0 bridgehead atoms. The molecule has 0 saturated carbocycles. The van der Waals surface area contributed by atoms with Crippen LogP contribution >= 0.6 is 0 Å². The Hall–Kier alpha value is -3.80. The molecule has 2 N–H and O–H groups in total. The number of amides is 2. The van der Waals surface area contributed by atoms with Gasteiger partial charge < -0.3 is 10.6 Å². The minimum Gasteiger partial charge on any atom is -0.307 e.